The third-order valence-corrected chi connectivity index (χ3v) is 5.67. The summed E-state index contributed by atoms with van der Waals surface area (Å²) in [5.74, 6) is 2.12. The van der Waals surface area contributed by atoms with E-state index < -0.39 is 5.60 Å². The van der Waals surface area contributed by atoms with Gasteiger partial charge in [0.1, 0.15) is 40.2 Å². The Hall–Kier alpha value is -3.01. The van der Waals surface area contributed by atoms with Gasteiger partial charge in [-0.1, -0.05) is 23.4 Å². The average molecular weight is 885 g/mol. The number of anilines is 1. The van der Waals surface area contributed by atoms with Crippen molar-refractivity contribution in [2.75, 3.05) is 5.73 Å². The van der Waals surface area contributed by atoms with Gasteiger partial charge in [0.2, 0.25) is 0 Å². The molecule has 7 nitrogen and oxygen atoms in total. The average Bonchev–Trinajstić information content (AvgIpc) is 2.97. The third-order valence-electron chi connectivity index (χ3n) is 4.78. The zero-order valence-corrected chi connectivity index (χ0v) is 31.1. The van der Waals surface area contributed by atoms with E-state index in [2.05, 4.69) is 54.3 Å². The fourth-order valence-corrected chi connectivity index (χ4v) is 3.03. The van der Waals surface area contributed by atoms with E-state index in [0.717, 1.165) is 27.0 Å². The fourth-order valence-electron chi connectivity index (χ4n) is 2.78. The molecule has 4 rings (SSSR count). The van der Waals surface area contributed by atoms with Gasteiger partial charge in [-0.25, -0.2) is 8.78 Å². The zero-order valence-electron chi connectivity index (χ0n) is 25.4. The van der Waals surface area contributed by atoms with Gasteiger partial charge in [-0.3, -0.25) is 0 Å². The van der Waals surface area contributed by atoms with E-state index in [1.807, 2.05) is 38.1 Å². The molecule has 0 atom stereocenters. The minimum Gasteiger partial charge on any atom is -0.512 e. The maximum atomic E-state index is 12.7. The van der Waals surface area contributed by atoms with E-state index in [1.54, 1.807) is 57.2 Å². The molecule has 0 saturated carbocycles. The van der Waals surface area contributed by atoms with E-state index >= 15 is 0 Å². The number of nitrogens with two attached hydrogens (primary N) is 1. The van der Waals surface area contributed by atoms with Crippen molar-refractivity contribution >= 4 is 49.8 Å². The smallest absolute Gasteiger partial charge is 0.358 e. The fraction of sp³-hybridized carbons (Fsp3) is 0.212. The van der Waals surface area contributed by atoms with Crippen LogP contribution >= 0.6 is 44.2 Å². The Morgan fingerprint density at radius 3 is 1.43 bits per heavy atom. The monoisotopic (exact) mass is 881 g/mol. The maximum absolute atomic E-state index is 12.7. The molecule has 0 amide bonds. The summed E-state index contributed by atoms with van der Waals surface area (Å²) in [6.07, 6.45) is 0. The molecule has 259 valence electrons. The van der Waals surface area contributed by atoms with Gasteiger partial charge in [0.05, 0.1) is 0 Å². The van der Waals surface area contributed by atoms with Gasteiger partial charge < -0.3 is 39.3 Å². The molecule has 4 aromatic rings. The van der Waals surface area contributed by atoms with Crippen molar-refractivity contribution in [1.82, 2.24) is 0 Å². The molecular weight excluding hydrogens is 844 g/mol. The van der Waals surface area contributed by atoms with Crippen molar-refractivity contribution in [2.45, 2.75) is 47.6 Å². The summed E-state index contributed by atoms with van der Waals surface area (Å²) in [6.45, 7) is 13.9. The Morgan fingerprint density at radius 1 is 0.783 bits per heavy atom. The van der Waals surface area contributed by atoms with Crippen LogP contribution in [0.25, 0.3) is 0 Å². The number of nitrogens with zero attached hydrogens (tertiary/aromatic N) is 2. The minimum atomic E-state index is -0.429. The normalized spacial score (nSPS) is 9.22. The Labute approximate surface area is 301 Å². The zero-order chi connectivity index (χ0) is 33.7. The first-order valence-electron chi connectivity index (χ1n) is 12.3. The largest absolute Gasteiger partial charge is 0.512 e. The van der Waals surface area contributed by atoms with Crippen LogP contribution in [0.5, 0.6) is 23.0 Å². The predicted octanol–water partition coefficient (Wildman–Crippen LogP) is 12.8. The topological polar surface area (TPSA) is 107 Å². The second-order valence-corrected chi connectivity index (χ2v) is 15.0. The van der Waals surface area contributed by atoms with Gasteiger partial charge in [0.25, 0.3) is 0 Å². The quantitative estimate of drug-likeness (QED) is 0.0703. The molecule has 4 aromatic carbocycles. The SMILES string of the molecule is C.CC(C)(C)ON=O.Cc1cc(Oc2ccc(F)cc2)ccc1Br.Cc1cc(Oc2ccc(F)cc2)ccc1N.[2HH].[Br][Cu][Br].[C-]#N.[CH3-]. The predicted molar refractivity (Wildman–Crippen MR) is 192 cm³/mol. The van der Waals surface area contributed by atoms with Crippen LogP contribution in [0.15, 0.2) is 94.7 Å². The summed E-state index contributed by atoms with van der Waals surface area (Å²) < 4.78 is 37.5. The van der Waals surface area contributed by atoms with E-state index in [-0.39, 0.29) is 27.9 Å². The number of hydrogen-bond donors (Lipinski definition) is 1. The van der Waals surface area contributed by atoms with Crippen molar-refractivity contribution in [3.8, 4) is 23.0 Å². The van der Waals surface area contributed by atoms with E-state index in [4.69, 9.17) is 27.0 Å². The molecule has 0 bridgehead atoms. The summed E-state index contributed by atoms with van der Waals surface area (Å²) in [5.41, 5.74) is 8.05. The van der Waals surface area contributed by atoms with E-state index in [1.165, 1.54) is 35.6 Å². The first kappa shape index (κ1) is 47.4. The van der Waals surface area contributed by atoms with Crippen LogP contribution < -0.4 is 15.2 Å². The third kappa shape index (κ3) is 21.7. The van der Waals surface area contributed by atoms with Gasteiger partial charge in [-0.05, 0) is 131 Å². The molecule has 0 aliphatic rings. The molecule has 0 aromatic heterocycles. The number of ether oxygens (including phenoxy) is 2. The van der Waals surface area contributed by atoms with Crippen LogP contribution in [-0.2, 0) is 16.2 Å². The van der Waals surface area contributed by atoms with Crippen LogP contribution in [0.4, 0.5) is 14.5 Å². The second-order valence-electron chi connectivity index (χ2n) is 9.36. The molecule has 0 fully saturated rings. The van der Waals surface area contributed by atoms with E-state index in [9.17, 15) is 13.7 Å². The van der Waals surface area contributed by atoms with Crippen LogP contribution in [-0.4, -0.2) is 5.60 Å². The molecule has 0 aliphatic heterocycles. The number of nitrogen functional groups attached to an aromatic ring is 1. The van der Waals surface area contributed by atoms with Crippen molar-refractivity contribution in [3.63, 3.8) is 0 Å². The standard InChI is InChI=1S/C13H10BrFO.C13H12FNO.C4H9NO2.CN.CH4.CH3.2BrH.Cu.H2/c1-9-8-12(6-7-13(9)14)16-11-4-2-10(15)3-5-11;1-9-8-12(6-7-13(9)15)16-11-4-2-10(14)3-5-11;1-4(2,3)7-5-6;1-2;;;;;;/h2-8H,1H3;2-8H,15H2,1H3;1-3H3;;1H4;1H3;2*1H;;1H/q;;;-1;;-1;;;+2;/p-2/i;;;;;;;;;1+1. The van der Waals surface area contributed by atoms with Crippen LogP contribution in [0.3, 0.4) is 0 Å². The molecule has 0 heterocycles. The van der Waals surface area contributed by atoms with Crippen molar-refractivity contribution < 1.29 is 35.9 Å². The Balaban J connectivity index is -0.000000283. The molecule has 2 N–H and O–H groups in total. The number of hydrogen-bond acceptors (Lipinski definition) is 7. The number of benzene rings is 4. The Morgan fingerprint density at radius 2 is 1.13 bits per heavy atom. The van der Waals surface area contributed by atoms with Crippen LogP contribution in [0.2, 0.25) is 0 Å². The molecule has 0 aliphatic carbocycles. The number of rotatable bonds is 5. The molecule has 0 spiro atoms. The van der Waals surface area contributed by atoms with Gasteiger partial charge in [0, 0.05) is 11.6 Å². The molecule has 0 unspecified atom stereocenters. The van der Waals surface area contributed by atoms with E-state index in [0.29, 0.717) is 17.2 Å². The van der Waals surface area contributed by atoms with Gasteiger partial charge in [-0.2, -0.15) is 0 Å². The molecular formula is C33H40Br3CuF2N3O4-2. The van der Waals surface area contributed by atoms with Crippen molar-refractivity contribution in [1.29, 1.82) is 5.26 Å². The molecule has 13 heteroatoms. The summed E-state index contributed by atoms with van der Waals surface area (Å²) in [6, 6.07) is 23.0. The Bertz CT molecular complexity index is 1340. The molecule has 0 saturated heterocycles. The van der Waals surface area contributed by atoms with Gasteiger partial charge in [0.15, 0.2) is 5.34 Å². The van der Waals surface area contributed by atoms with Crippen molar-refractivity contribution in [3.05, 3.63) is 131 Å². The second kappa shape index (κ2) is 26.1. The number of aryl methyl sites for hydroxylation is 2. The van der Waals surface area contributed by atoms with Crippen LogP contribution in [0, 0.1) is 49.6 Å². The maximum Gasteiger partial charge on any atom is -0.358 e. The molecule has 46 heavy (non-hydrogen) atoms. The summed E-state index contributed by atoms with van der Waals surface area (Å²) >= 11 is 10.8. The summed E-state index contributed by atoms with van der Waals surface area (Å²) in [4.78, 5) is 13.6. The van der Waals surface area contributed by atoms with Crippen molar-refractivity contribution in [2.24, 2.45) is 5.34 Å². The minimum absolute atomic E-state index is 0. The van der Waals surface area contributed by atoms with Gasteiger partial charge in [-0.15, -0.1) is 4.91 Å². The first-order chi connectivity index (χ1) is 20.8. The molecule has 0 radical (unpaired) electrons. The summed E-state index contributed by atoms with van der Waals surface area (Å²) in [7, 11) is 0. The number of halogens is 5. The summed E-state index contributed by atoms with van der Waals surface area (Å²) in [5, 5.41) is 8.51. The van der Waals surface area contributed by atoms with Crippen LogP contribution in [0.1, 0.15) is 40.8 Å². The van der Waals surface area contributed by atoms with Gasteiger partial charge >= 0.3 is 39.6 Å². The first-order valence-corrected chi connectivity index (χ1v) is 17.8. The Kier molecular flexibility index (Phi) is 26.9.